The average molecular weight is 434 g/mol. The van der Waals surface area contributed by atoms with E-state index in [1.54, 1.807) is 11.6 Å². The minimum Gasteiger partial charge on any atom is -0.324 e. The number of anilines is 1. The van der Waals surface area contributed by atoms with Crippen molar-refractivity contribution in [3.8, 4) is 5.69 Å². The molecule has 1 fully saturated rings. The molecule has 1 aromatic heterocycles. The summed E-state index contributed by atoms with van der Waals surface area (Å²) in [5.41, 5.74) is 5.00. The zero-order valence-corrected chi connectivity index (χ0v) is 19.3. The van der Waals surface area contributed by atoms with Crippen molar-refractivity contribution >= 4 is 11.6 Å². The molecule has 0 saturated carbocycles. The number of likely N-dealkylation sites (tertiary alicyclic amines) is 1. The molecule has 0 bridgehead atoms. The molecular formula is C25H31N5O2. The molecule has 7 heteroatoms. The van der Waals surface area contributed by atoms with Gasteiger partial charge in [0.2, 0.25) is 5.91 Å². The van der Waals surface area contributed by atoms with E-state index in [4.69, 9.17) is 0 Å². The fraction of sp³-hybridized carbons (Fsp3) is 0.400. The van der Waals surface area contributed by atoms with Gasteiger partial charge in [-0.3, -0.25) is 9.69 Å². The molecule has 168 valence electrons. The Balaban J connectivity index is 1.41. The van der Waals surface area contributed by atoms with Crippen molar-refractivity contribution < 1.29 is 4.79 Å². The summed E-state index contributed by atoms with van der Waals surface area (Å²) < 4.78 is 3.13. The minimum atomic E-state index is -0.128. The van der Waals surface area contributed by atoms with Crippen LogP contribution in [0.1, 0.15) is 41.3 Å². The highest BCUT2D eigenvalue weighted by Crippen LogP contribution is 2.28. The maximum absolute atomic E-state index is 12.7. The van der Waals surface area contributed by atoms with Crippen molar-refractivity contribution in [2.45, 2.75) is 39.5 Å². The second-order valence-electron chi connectivity index (χ2n) is 8.81. The summed E-state index contributed by atoms with van der Waals surface area (Å²) in [6.45, 7) is 8.08. The lowest BCUT2D eigenvalue weighted by Gasteiger charge is -2.31. The van der Waals surface area contributed by atoms with Crippen LogP contribution in [-0.4, -0.2) is 44.8 Å². The van der Waals surface area contributed by atoms with E-state index >= 15 is 0 Å². The van der Waals surface area contributed by atoms with Crippen LogP contribution < -0.4 is 11.0 Å². The molecule has 1 N–H and O–H groups in total. The average Bonchev–Trinajstić information content (AvgIpc) is 3.06. The van der Waals surface area contributed by atoms with Gasteiger partial charge in [0.15, 0.2) is 0 Å². The molecule has 1 aliphatic rings. The van der Waals surface area contributed by atoms with Crippen LogP contribution >= 0.6 is 0 Å². The number of aromatic nitrogens is 3. The van der Waals surface area contributed by atoms with E-state index in [1.165, 1.54) is 10.2 Å². The first-order valence-electron chi connectivity index (χ1n) is 11.1. The zero-order chi connectivity index (χ0) is 22.8. The second kappa shape index (κ2) is 9.12. The maximum Gasteiger partial charge on any atom is 0.350 e. The number of aryl methyl sites for hydroxylation is 4. The molecule has 2 aromatic carbocycles. The lowest BCUT2D eigenvalue weighted by Crippen LogP contribution is -2.39. The number of hydrogen-bond donors (Lipinski definition) is 1. The van der Waals surface area contributed by atoms with Crippen molar-refractivity contribution in [1.29, 1.82) is 0 Å². The van der Waals surface area contributed by atoms with Crippen molar-refractivity contribution in [3.63, 3.8) is 0 Å². The van der Waals surface area contributed by atoms with Gasteiger partial charge in [0, 0.05) is 18.7 Å². The molecule has 3 aromatic rings. The van der Waals surface area contributed by atoms with Gasteiger partial charge < -0.3 is 5.32 Å². The number of carbonyl (C=O) groups excluding carboxylic acids is 1. The Morgan fingerprint density at radius 1 is 1.06 bits per heavy atom. The summed E-state index contributed by atoms with van der Waals surface area (Å²) >= 11 is 0. The molecule has 1 amide bonds. The van der Waals surface area contributed by atoms with Crippen molar-refractivity contribution in [3.05, 3.63) is 75.5 Å². The number of benzene rings is 2. The molecular weight excluding hydrogens is 402 g/mol. The predicted molar refractivity (Wildman–Crippen MR) is 127 cm³/mol. The molecule has 2 heterocycles. The number of hydrogen-bond acceptors (Lipinski definition) is 4. The normalized spacial score (nSPS) is 15.1. The van der Waals surface area contributed by atoms with Crippen LogP contribution in [0.15, 0.2) is 47.3 Å². The number of amides is 1. The Bertz CT molecular complexity index is 1150. The third kappa shape index (κ3) is 4.53. The Hall–Kier alpha value is -3.19. The number of piperidine rings is 1. The van der Waals surface area contributed by atoms with Crippen molar-refractivity contribution in [2.24, 2.45) is 7.05 Å². The van der Waals surface area contributed by atoms with Gasteiger partial charge in [-0.05, 0) is 70.0 Å². The van der Waals surface area contributed by atoms with E-state index in [0.29, 0.717) is 6.54 Å². The number of carbonyl (C=O) groups is 1. The Kier molecular flexibility index (Phi) is 6.28. The Labute approximate surface area is 188 Å². The number of para-hydroxylation sites is 1. The lowest BCUT2D eigenvalue weighted by molar-refractivity contribution is -0.117. The maximum atomic E-state index is 12.7. The van der Waals surface area contributed by atoms with Gasteiger partial charge in [0.25, 0.3) is 0 Å². The number of nitrogens with one attached hydrogen (secondary N) is 1. The summed E-state index contributed by atoms with van der Waals surface area (Å²) in [7, 11) is 1.69. The highest BCUT2D eigenvalue weighted by molar-refractivity contribution is 5.93. The quantitative estimate of drug-likeness (QED) is 0.670. The fourth-order valence-corrected chi connectivity index (χ4v) is 4.68. The summed E-state index contributed by atoms with van der Waals surface area (Å²) in [6, 6.07) is 13.8. The fourth-order valence-electron chi connectivity index (χ4n) is 4.68. The van der Waals surface area contributed by atoms with Crippen LogP contribution in [0.25, 0.3) is 5.69 Å². The monoisotopic (exact) mass is 433 g/mol. The topological polar surface area (TPSA) is 72.2 Å². The predicted octanol–water partition coefficient (Wildman–Crippen LogP) is 3.31. The van der Waals surface area contributed by atoms with Gasteiger partial charge in [0.05, 0.1) is 12.2 Å². The van der Waals surface area contributed by atoms with Gasteiger partial charge >= 0.3 is 5.69 Å². The van der Waals surface area contributed by atoms with Crippen LogP contribution in [0.5, 0.6) is 0 Å². The first-order chi connectivity index (χ1) is 15.3. The van der Waals surface area contributed by atoms with E-state index in [2.05, 4.69) is 34.4 Å². The van der Waals surface area contributed by atoms with E-state index in [-0.39, 0.29) is 17.5 Å². The smallest absolute Gasteiger partial charge is 0.324 e. The Morgan fingerprint density at radius 2 is 1.69 bits per heavy atom. The summed E-state index contributed by atoms with van der Waals surface area (Å²) in [6.07, 6.45) is 1.72. The first kappa shape index (κ1) is 22.0. The van der Waals surface area contributed by atoms with Gasteiger partial charge in [-0.25, -0.2) is 14.0 Å². The SMILES string of the molecule is Cc1cc(C)c(NC(=O)CN2CCC(c3nn(C)c(=O)n3-c3ccccc3)CC2)c(C)c1. The zero-order valence-electron chi connectivity index (χ0n) is 19.3. The van der Waals surface area contributed by atoms with Crippen LogP contribution in [0.3, 0.4) is 0 Å². The molecule has 32 heavy (non-hydrogen) atoms. The standard InChI is InChI=1S/C25H31N5O2/c1-17-14-18(2)23(19(3)15-17)26-22(31)16-29-12-10-20(11-13-29)24-27-28(4)25(32)30(24)21-8-6-5-7-9-21/h5-9,14-15,20H,10-13,16H2,1-4H3,(H,26,31). The highest BCUT2D eigenvalue weighted by Gasteiger charge is 2.27. The third-order valence-corrected chi connectivity index (χ3v) is 6.23. The second-order valence-corrected chi connectivity index (χ2v) is 8.81. The highest BCUT2D eigenvalue weighted by atomic mass is 16.2. The van der Waals surface area contributed by atoms with Gasteiger partial charge in [-0.1, -0.05) is 35.9 Å². The van der Waals surface area contributed by atoms with Crippen molar-refractivity contribution in [1.82, 2.24) is 19.2 Å². The van der Waals surface area contributed by atoms with Crippen LogP contribution in [0.2, 0.25) is 0 Å². The summed E-state index contributed by atoms with van der Waals surface area (Å²) in [4.78, 5) is 27.6. The lowest BCUT2D eigenvalue weighted by atomic mass is 9.95. The molecule has 7 nitrogen and oxygen atoms in total. The van der Waals surface area contributed by atoms with E-state index in [0.717, 1.165) is 54.3 Å². The molecule has 1 saturated heterocycles. The van der Waals surface area contributed by atoms with Crippen LogP contribution in [0.4, 0.5) is 5.69 Å². The van der Waals surface area contributed by atoms with E-state index < -0.39 is 0 Å². The summed E-state index contributed by atoms with van der Waals surface area (Å²) in [5, 5.41) is 7.64. The molecule has 0 unspecified atom stereocenters. The van der Waals surface area contributed by atoms with Gasteiger partial charge in [-0.15, -0.1) is 0 Å². The van der Waals surface area contributed by atoms with Crippen LogP contribution in [-0.2, 0) is 11.8 Å². The molecule has 4 rings (SSSR count). The van der Waals surface area contributed by atoms with Crippen LogP contribution in [0, 0.1) is 20.8 Å². The number of rotatable bonds is 5. The molecule has 0 spiro atoms. The molecule has 0 aliphatic carbocycles. The largest absolute Gasteiger partial charge is 0.350 e. The molecule has 0 radical (unpaired) electrons. The molecule has 0 atom stereocenters. The van der Waals surface area contributed by atoms with Crippen molar-refractivity contribution in [2.75, 3.05) is 25.0 Å². The number of nitrogens with zero attached hydrogens (tertiary/aromatic N) is 4. The third-order valence-electron chi connectivity index (χ3n) is 6.23. The van der Waals surface area contributed by atoms with E-state index in [1.807, 2.05) is 44.2 Å². The van der Waals surface area contributed by atoms with Gasteiger partial charge in [0.1, 0.15) is 5.82 Å². The molecule has 1 aliphatic heterocycles. The minimum absolute atomic E-state index is 0.0116. The van der Waals surface area contributed by atoms with E-state index in [9.17, 15) is 9.59 Å². The Morgan fingerprint density at radius 3 is 2.31 bits per heavy atom. The van der Waals surface area contributed by atoms with Gasteiger partial charge in [-0.2, -0.15) is 5.10 Å². The summed E-state index contributed by atoms with van der Waals surface area (Å²) in [5.74, 6) is 1.00. The first-order valence-corrected chi connectivity index (χ1v) is 11.1.